The summed E-state index contributed by atoms with van der Waals surface area (Å²) in [5.41, 5.74) is 1.27. The number of benzene rings is 1. The van der Waals surface area contributed by atoms with Gasteiger partial charge in [0.2, 0.25) is 0 Å². The molecule has 20 heavy (non-hydrogen) atoms. The van der Waals surface area contributed by atoms with Crippen molar-refractivity contribution in [3.63, 3.8) is 0 Å². The lowest BCUT2D eigenvalue weighted by atomic mass is 10.2. The van der Waals surface area contributed by atoms with E-state index in [-0.39, 0.29) is 0 Å². The van der Waals surface area contributed by atoms with Gasteiger partial charge in [0.05, 0.1) is 6.61 Å². The zero-order valence-corrected chi connectivity index (χ0v) is 12.3. The third-order valence-corrected chi connectivity index (χ3v) is 3.20. The average Bonchev–Trinajstić information content (AvgIpc) is 3.29. The molecule has 0 aromatic heterocycles. The molecule has 1 aromatic carbocycles. The molecule has 0 aliphatic heterocycles. The highest BCUT2D eigenvalue weighted by Crippen LogP contribution is 2.20. The molecule has 2 rings (SSSR count). The Morgan fingerprint density at radius 2 is 2.05 bits per heavy atom. The van der Waals surface area contributed by atoms with E-state index in [9.17, 15) is 0 Å². The Morgan fingerprint density at radius 3 is 2.85 bits per heavy atom. The van der Waals surface area contributed by atoms with Crippen LogP contribution in [0.3, 0.4) is 0 Å². The van der Waals surface area contributed by atoms with Gasteiger partial charge in [-0.1, -0.05) is 12.1 Å². The summed E-state index contributed by atoms with van der Waals surface area (Å²) in [5.74, 6) is 0.917. The van der Waals surface area contributed by atoms with Crippen molar-refractivity contribution in [3.05, 3.63) is 29.8 Å². The summed E-state index contributed by atoms with van der Waals surface area (Å²) in [6.07, 6.45) is 3.56. The van der Waals surface area contributed by atoms with Gasteiger partial charge >= 0.3 is 0 Å². The van der Waals surface area contributed by atoms with Crippen molar-refractivity contribution >= 4 is 0 Å². The van der Waals surface area contributed by atoms with E-state index in [2.05, 4.69) is 17.4 Å². The van der Waals surface area contributed by atoms with Gasteiger partial charge in [0.25, 0.3) is 0 Å². The fourth-order valence-corrected chi connectivity index (χ4v) is 1.92. The highest BCUT2D eigenvalue weighted by molar-refractivity contribution is 5.28. The number of hydrogen-bond acceptors (Lipinski definition) is 4. The molecule has 0 heterocycles. The first-order valence-electron chi connectivity index (χ1n) is 7.40. The Kier molecular flexibility index (Phi) is 6.84. The minimum atomic E-state index is 0.590. The molecular formula is C16H25NO3. The van der Waals surface area contributed by atoms with Crippen LogP contribution in [0.15, 0.2) is 24.3 Å². The smallest absolute Gasteiger partial charge is 0.119 e. The third kappa shape index (κ3) is 6.37. The van der Waals surface area contributed by atoms with Crippen molar-refractivity contribution in [2.24, 2.45) is 0 Å². The minimum Gasteiger partial charge on any atom is -0.491 e. The fourth-order valence-electron chi connectivity index (χ4n) is 1.92. The summed E-state index contributed by atoms with van der Waals surface area (Å²) in [4.78, 5) is 0. The van der Waals surface area contributed by atoms with Crippen LogP contribution in [0.4, 0.5) is 0 Å². The van der Waals surface area contributed by atoms with E-state index < -0.39 is 0 Å². The molecule has 0 amide bonds. The van der Waals surface area contributed by atoms with Crippen LogP contribution in [0.25, 0.3) is 0 Å². The van der Waals surface area contributed by atoms with E-state index in [0.29, 0.717) is 13.2 Å². The Hall–Kier alpha value is -1.10. The molecule has 112 valence electrons. The SMILES string of the molecule is COCCCOCCOc1cccc(CNC2CC2)c1. The van der Waals surface area contributed by atoms with E-state index in [0.717, 1.165) is 38.0 Å². The van der Waals surface area contributed by atoms with Gasteiger partial charge in [0, 0.05) is 32.9 Å². The molecule has 0 atom stereocenters. The molecule has 1 N–H and O–H groups in total. The number of methoxy groups -OCH3 is 1. The summed E-state index contributed by atoms with van der Waals surface area (Å²) in [7, 11) is 1.70. The Balaban J connectivity index is 1.58. The molecule has 1 aromatic rings. The lowest BCUT2D eigenvalue weighted by Crippen LogP contribution is -2.15. The van der Waals surface area contributed by atoms with Crippen molar-refractivity contribution in [1.29, 1.82) is 0 Å². The Bertz CT molecular complexity index is 380. The van der Waals surface area contributed by atoms with Crippen LogP contribution in [0.5, 0.6) is 5.75 Å². The second-order valence-electron chi connectivity index (χ2n) is 5.11. The number of ether oxygens (including phenoxy) is 3. The molecule has 1 aliphatic carbocycles. The van der Waals surface area contributed by atoms with Crippen molar-refractivity contribution in [2.45, 2.75) is 31.8 Å². The highest BCUT2D eigenvalue weighted by atomic mass is 16.5. The van der Waals surface area contributed by atoms with Crippen molar-refractivity contribution in [2.75, 3.05) is 33.5 Å². The molecular weight excluding hydrogens is 254 g/mol. The van der Waals surface area contributed by atoms with Crippen LogP contribution in [0.2, 0.25) is 0 Å². The topological polar surface area (TPSA) is 39.7 Å². The summed E-state index contributed by atoms with van der Waals surface area (Å²) >= 11 is 0. The molecule has 0 radical (unpaired) electrons. The van der Waals surface area contributed by atoms with Gasteiger partial charge in [0.15, 0.2) is 0 Å². The Morgan fingerprint density at radius 1 is 1.15 bits per heavy atom. The summed E-state index contributed by atoms with van der Waals surface area (Å²) in [6.45, 7) is 3.61. The standard InChI is InChI=1S/C16H25NO3/c1-18-8-3-9-19-10-11-20-16-5-2-4-14(12-16)13-17-15-6-7-15/h2,4-5,12,15,17H,3,6-11,13H2,1H3. The van der Waals surface area contributed by atoms with E-state index in [1.54, 1.807) is 7.11 Å². The lowest BCUT2D eigenvalue weighted by Gasteiger charge is -2.09. The van der Waals surface area contributed by atoms with E-state index in [4.69, 9.17) is 14.2 Å². The second kappa shape index (κ2) is 8.95. The van der Waals surface area contributed by atoms with Crippen molar-refractivity contribution < 1.29 is 14.2 Å². The lowest BCUT2D eigenvalue weighted by molar-refractivity contribution is 0.0806. The van der Waals surface area contributed by atoms with Crippen LogP contribution in [0.1, 0.15) is 24.8 Å². The third-order valence-electron chi connectivity index (χ3n) is 3.20. The number of hydrogen-bond donors (Lipinski definition) is 1. The van der Waals surface area contributed by atoms with E-state index in [1.165, 1.54) is 18.4 Å². The molecule has 4 heteroatoms. The van der Waals surface area contributed by atoms with Crippen molar-refractivity contribution in [3.8, 4) is 5.75 Å². The second-order valence-corrected chi connectivity index (χ2v) is 5.11. The molecule has 1 saturated carbocycles. The first-order valence-corrected chi connectivity index (χ1v) is 7.40. The van der Waals surface area contributed by atoms with Gasteiger partial charge in [-0.3, -0.25) is 0 Å². The molecule has 0 bridgehead atoms. The summed E-state index contributed by atoms with van der Waals surface area (Å²) < 4.78 is 16.1. The maximum Gasteiger partial charge on any atom is 0.119 e. The highest BCUT2D eigenvalue weighted by Gasteiger charge is 2.19. The van der Waals surface area contributed by atoms with Gasteiger partial charge in [-0.2, -0.15) is 0 Å². The van der Waals surface area contributed by atoms with E-state index in [1.807, 2.05) is 12.1 Å². The molecule has 1 fully saturated rings. The van der Waals surface area contributed by atoms with Crippen LogP contribution in [-0.4, -0.2) is 39.6 Å². The number of nitrogens with one attached hydrogen (secondary N) is 1. The summed E-state index contributed by atoms with van der Waals surface area (Å²) in [6, 6.07) is 8.99. The van der Waals surface area contributed by atoms with Gasteiger partial charge in [-0.25, -0.2) is 0 Å². The zero-order valence-electron chi connectivity index (χ0n) is 12.3. The maximum absolute atomic E-state index is 5.69. The molecule has 0 saturated heterocycles. The van der Waals surface area contributed by atoms with Gasteiger partial charge in [-0.15, -0.1) is 0 Å². The van der Waals surface area contributed by atoms with Gasteiger partial charge < -0.3 is 19.5 Å². The monoisotopic (exact) mass is 279 g/mol. The predicted molar refractivity (Wildman–Crippen MR) is 79.1 cm³/mol. The first kappa shape index (κ1) is 15.3. The normalized spacial score (nSPS) is 14.4. The van der Waals surface area contributed by atoms with Crippen LogP contribution in [0, 0.1) is 0 Å². The average molecular weight is 279 g/mol. The quantitative estimate of drug-likeness (QED) is 0.631. The van der Waals surface area contributed by atoms with Gasteiger partial charge in [-0.05, 0) is 37.0 Å². The van der Waals surface area contributed by atoms with Gasteiger partial charge in [0.1, 0.15) is 12.4 Å². The molecule has 0 spiro atoms. The summed E-state index contributed by atoms with van der Waals surface area (Å²) in [5, 5.41) is 3.50. The largest absolute Gasteiger partial charge is 0.491 e. The first-order chi connectivity index (χ1) is 9.88. The minimum absolute atomic E-state index is 0.590. The Labute approximate surface area is 121 Å². The molecule has 1 aliphatic rings. The predicted octanol–water partition coefficient (Wildman–Crippen LogP) is 2.37. The van der Waals surface area contributed by atoms with Crippen LogP contribution >= 0.6 is 0 Å². The molecule has 4 nitrogen and oxygen atoms in total. The molecule has 0 unspecified atom stereocenters. The van der Waals surface area contributed by atoms with Crippen LogP contribution in [-0.2, 0) is 16.0 Å². The van der Waals surface area contributed by atoms with Crippen LogP contribution < -0.4 is 10.1 Å². The van der Waals surface area contributed by atoms with E-state index >= 15 is 0 Å². The number of rotatable bonds is 11. The fraction of sp³-hybridized carbons (Fsp3) is 0.625. The van der Waals surface area contributed by atoms with Crippen molar-refractivity contribution in [1.82, 2.24) is 5.32 Å². The maximum atomic E-state index is 5.69. The zero-order chi connectivity index (χ0) is 14.0.